The third kappa shape index (κ3) is 4.84. The maximum atomic E-state index is 12.3. The van der Waals surface area contributed by atoms with Crippen LogP contribution in [0.1, 0.15) is 12.0 Å². The van der Waals surface area contributed by atoms with Gasteiger partial charge in [0.1, 0.15) is 0 Å². The summed E-state index contributed by atoms with van der Waals surface area (Å²) in [5.74, 6) is 2.25. The Morgan fingerprint density at radius 3 is 2.58 bits per heavy atom. The van der Waals surface area contributed by atoms with Gasteiger partial charge in [0, 0.05) is 57.3 Å². The number of nitrogens with zero attached hydrogens (tertiary/aromatic N) is 2. The molecule has 0 radical (unpaired) electrons. The van der Waals surface area contributed by atoms with Gasteiger partial charge in [-0.15, -0.1) is 0 Å². The minimum absolute atomic E-state index is 0.0825. The molecule has 2 fully saturated rings. The summed E-state index contributed by atoms with van der Waals surface area (Å²) in [6.07, 6.45) is 1.13. The van der Waals surface area contributed by atoms with E-state index in [9.17, 15) is 4.79 Å². The normalized spacial score (nSPS) is 23.6. The zero-order valence-electron chi connectivity index (χ0n) is 15.8. The van der Waals surface area contributed by atoms with E-state index in [1.54, 1.807) is 0 Å². The summed E-state index contributed by atoms with van der Waals surface area (Å²) in [5.41, 5.74) is 2.34. The molecule has 7 heteroatoms. The SMILES string of the molecule is CN(C)c1ccc(CNC(=O)NC[C@@]2(N3CCOCC3)CCSC2)cc1. The molecular weight excluding hydrogens is 348 g/mol. The summed E-state index contributed by atoms with van der Waals surface area (Å²) >= 11 is 1.98. The van der Waals surface area contributed by atoms with Crippen molar-refractivity contribution in [2.45, 2.75) is 18.5 Å². The predicted molar refractivity (Wildman–Crippen MR) is 108 cm³/mol. The number of morpholine rings is 1. The van der Waals surface area contributed by atoms with E-state index < -0.39 is 0 Å². The van der Waals surface area contributed by atoms with Crippen molar-refractivity contribution in [3.63, 3.8) is 0 Å². The first-order valence-electron chi connectivity index (χ1n) is 9.28. The van der Waals surface area contributed by atoms with Crippen molar-refractivity contribution in [2.75, 3.05) is 63.3 Å². The molecule has 6 nitrogen and oxygen atoms in total. The quantitative estimate of drug-likeness (QED) is 0.790. The summed E-state index contributed by atoms with van der Waals surface area (Å²) < 4.78 is 5.49. The Labute approximate surface area is 160 Å². The summed E-state index contributed by atoms with van der Waals surface area (Å²) in [6, 6.07) is 8.15. The van der Waals surface area contributed by atoms with E-state index in [-0.39, 0.29) is 11.6 Å². The summed E-state index contributed by atoms with van der Waals surface area (Å²) in [4.78, 5) is 16.9. The van der Waals surface area contributed by atoms with Gasteiger partial charge in [0.25, 0.3) is 0 Å². The van der Waals surface area contributed by atoms with Crippen LogP contribution in [0.25, 0.3) is 0 Å². The number of benzene rings is 1. The number of ether oxygens (including phenoxy) is 1. The number of rotatable bonds is 6. The number of anilines is 1. The average Bonchev–Trinajstić information content (AvgIpc) is 3.16. The Hall–Kier alpha value is -1.44. The molecule has 2 heterocycles. The predicted octanol–water partition coefficient (Wildman–Crippen LogP) is 1.76. The van der Waals surface area contributed by atoms with Crippen molar-refractivity contribution >= 4 is 23.5 Å². The van der Waals surface area contributed by atoms with Crippen molar-refractivity contribution in [2.24, 2.45) is 0 Å². The second-order valence-corrected chi connectivity index (χ2v) is 8.33. The molecule has 2 aliphatic rings. The number of amides is 2. The van der Waals surface area contributed by atoms with Gasteiger partial charge in [-0.25, -0.2) is 4.79 Å². The van der Waals surface area contributed by atoms with Gasteiger partial charge >= 0.3 is 6.03 Å². The molecule has 1 atom stereocenters. The van der Waals surface area contributed by atoms with Gasteiger partial charge in [-0.05, 0) is 29.9 Å². The Morgan fingerprint density at radius 1 is 1.23 bits per heavy atom. The van der Waals surface area contributed by atoms with Gasteiger partial charge in [-0.3, -0.25) is 4.90 Å². The van der Waals surface area contributed by atoms with E-state index in [1.165, 1.54) is 5.75 Å². The molecule has 0 aliphatic carbocycles. The van der Waals surface area contributed by atoms with Gasteiger partial charge in [-0.1, -0.05) is 12.1 Å². The van der Waals surface area contributed by atoms with Crippen molar-refractivity contribution in [1.82, 2.24) is 15.5 Å². The fraction of sp³-hybridized carbons (Fsp3) is 0.632. The molecule has 0 saturated carbocycles. The molecule has 144 valence electrons. The van der Waals surface area contributed by atoms with Crippen LogP contribution in [0.5, 0.6) is 0 Å². The summed E-state index contributed by atoms with van der Waals surface area (Å²) in [7, 11) is 4.04. The molecule has 0 unspecified atom stereocenters. The Balaban J connectivity index is 1.47. The molecular formula is C19H30N4O2S. The molecule has 0 bridgehead atoms. The molecule has 2 saturated heterocycles. The average molecular weight is 379 g/mol. The monoisotopic (exact) mass is 378 g/mol. The molecule has 26 heavy (non-hydrogen) atoms. The minimum Gasteiger partial charge on any atom is -0.379 e. The molecule has 0 spiro atoms. The van der Waals surface area contributed by atoms with Crippen LogP contribution in [-0.4, -0.2) is 74.9 Å². The van der Waals surface area contributed by atoms with Crippen LogP contribution in [0.2, 0.25) is 0 Å². The first-order chi connectivity index (χ1) is 12.6. The lowest BCUT2D eigenvalue weighted by Gasteiger charge is -2.43. The maximum absolute atomic E-state index is 12.3. The minimum atomic E-state index is -0.0915. The van der Waals surface area contributed by atoms with Gasteiger partial charge in [0.15, 0.2) is 0 Å². The number of hydrogen-bond donors (Lipinski definition) is 2. The van der Waals surface area contributed by atoms with Gasteiger partial charge < -0.3 is 20.3 Å². The van der Waals surface area contributed by atoms with E-state index in [0.29, 0.717) is 13.1 Å². The molecule has 2 N–H and O–H groups in total. The summed E-state index contributed by atoms with van der Waals surface area (Å²) in [5, 5.41) is 6.09. The Morgan fingerprint density at radius 2 is 1.96 bits per heavy atom. The van der Waals surface area contributed by atoms with Crippen LogP contribution in [0.15, 0.2) is 24.3 Å². The van der Waals surface area contributed by atoms with Gasteiger partial charge in [0.2, 0.25) is 0 Å². The smallest absolute Gasteiger partial charge is 0.315 e. The van der Waals surface area contributed by atoms with Crippen LogP contribution in [0, 0.1) is 0 Å². The lowest BCUT2D eigenvalue weighted by molar-refractivity contribution is -0.0124. The highest BCUT2D eigenvalue weighted by Gasteiger charge is 2.40. The maximum Gasteiger partial charge on any atom is 0.315 e. The molecule has 3 rings (SSSR count). The lowest BCUT2D eigenvalue weighted by Crippen LogP contribution is -2.59. The second kappa shape index (κ2) is 8.97. The van der Waals surface area contributed by atoms with Crippen molar-refractivity contribution in [3.8, 4) is 0 Å². The van der Waals surface area contributed by atoms with Crippen molar-refractivity contribution < 1.29 is 9.53 Å². The van der Waals surface area contributed by atoms with E-state index in [4.69, 9.17) is 4.74 Å². The number of carbonyl (C=O) groups is 1. The first-order valence-corrected chi connectivity index (χ1v) is 10.4. The molecule has 1 aromatic rings. The summed E-state index contributed by atoms with van der Waals surface area (Å²) in [6.45, 7) is 4.75. The van der Waals surface area contributed by atoms with Crippen molar-refractivity contribution in [3.05, 3.63) is 29.8 Å². The zero-order chi connectivity index (χ0) is 18.4. The molecule has 1 aromatic carbocycles. The number of nitrogens with one attached hydrogen (secondary N) is 2. The standard InChI is InChI=1S/C19H30N4O2S/c1-22(2)17-5-3-16(4-6-17)13-20-18(24)21-14-19(7-12-26-15-19)23-8-10-25-11-9-23/h3-6H,7-15H2,1-2H3,(H2,20,21,24)/t19-/m0/s1. The number of hydrogen-bond acceptors (Lipinski definition) is 5. The fourth-order valence-electron chi connectivity index (χ4n) is 3.54. The molecule has 2 amide bonds. The zero-order valence-corrected chi connectivity index (χ0v) is 16.6. The highest BCUT2D eigenvalue weighted by Crippen LogP contribution is 2.33. The van der Waals surface area contributed by atoms with Crippen LogP contribution >= 0.6 is 11.8 Å². The van der Waals surface area contributed by atoms with E-state index in [2.05, 4.69) is 44.7 Å². The van der Waals surface area contributed by atoms with Gasteiger partial charge in [0.05, 0.1) is 13.2 Å². The largest absolute Gasteiger partial charge is 0.379 e. The fourth-order valence-corrected chi connectivity index (χ4v) is 5.01. The Kier molecular flexibility index (Phi) is 6.67. The second-order valence-electron chi connectivity index (χ2n) is 7.22. The molecule has 2 aliphatic heterocycles. The Bertz CT molecular complexity index is 582. The van der Waals surface area contributed by atoms with E-state index >= 15 is 0 Å². The van der Waals surface area contributed by atoms with E-state index in [1.807, 2.05) is 25.9 Å². The van der Waals surface area contributed by atoms with Crippen LogP contribution in [0.3, 0.4) is 0 Å². The van der Waals surface area contributed by atoms with Crippen molar-refractivity contribution in [1.29, 1.82) is 0 Å². The number of thioether (sulfide) groups is 1. The van der Waals surface area contributed by atoms with Crippen LogP contribution < -0.4 is 15.5 Å². The first kappa shape index (κ1) is 19.3. The highest BCUT2D eigenvalue weighted by molar-refractivity contribution is 7.99. The number of carbonyl (C=O) groups excluding carboxylic acids is 1. The van der Waals surface area contributed by atoms with Gasteiger partial charge in [-0.2, -0.15) is 11.8 Å². The third-order valence-electron chi connectivity index (χ3n) is 5.25. The lowest BCUT2D eigenvalue weighted by atomic mass is 9.95. The third-order valence-corrected chi connectivity index (χ3v) is 6.48. The number of urea groups is 1. The van der Waals surface area contributed by atoms with Crippen LogP contribution in [-0.2, 0) is 11.3 Å². The van der Waals surface area contributed by atoms with Crippen LogP contribution in [0.4, 0.5) is 10.5 Å². The van der Waals surface area contributed by atoms with E-state index in [0.717, 1.165) is 49.7 Å². The molecule has 0 aromatic heterocycles. The highest BCUT2D eigenvalue weighted by atomic mass is 32.2. The topological polar surface area (TPSA) is 56.8 Å².